The van der Waals surface area contributed by atoms with Gasteiger partial charge in [0.05, 0.1) is 12.7 Å². The zero-order chi connectivity index (χ0) is 31.7. The number of nitrogens with zero attached hydrogens (tertiary/aromatic N) is 6. The number of β-lactam (4-membered cyclic amide) rings is 1. The zero-order valence-corrected chi connectivity index (χ0v) is 25.8. The minimum absolute atomic E-state index is 0.0331. The fourth-order valence-electron chi connectivity index (χ4n) is 4.45. The number of nitrogen functional groups attached to an aromatic ring is 2. The number of hydrogen-bond donors (Lipinski definition) is 6. The molecule has 232 valence electrons. The number of thioether (sulfide) groups is 2. The third-order valence-electron chi connectivity index (χ3n) is 6.32. The second-order valence-electron chi connectivity index (χ2n) is 8.98. The Morgan fingerprint density at radius 1 is 1.27 bits per heavy atom. The predicted octanol–water partition coefficient (Wildman–Crippen LogP) is -0.569. The van der Waals surface area contributed by atoms with Gasteiger partial charge < -0.3 is 36.9 Å². The maximum Gasteiger partial charge on any atom is 0.353 e. The first-order valence-corrected chi connectivity index (χ1v) is 16.0. The monoisotopic (exact) mass is 682 g/mol. The Morgan fingerprint density at radius 3 is 2.68 bits per heavy atom. The molecule has 3 aromatic rings. The van der Waals surface area contributed by atoms with Gasteiger partial charge in [-0.3, -0.25) is 14.5 Å². The molecular formula is C23H24N9O8S4+. The molecule has 2 atom stereocenters. The lowest BCUT2D eigenvalue weighted by molar-refractivity contribution is -0.767. The normalized spacial score (nSPS) is 18.2. The van der Waals surface area contributed by atoms with E-state index >= 15 is 0 Å². The number of carboxylic acid groups (broad SMARTS) is 2. The van der Waals surface area contributed by atoms with Gasteiger partial charge in [0.2, 0.25) is 6.54 Å². The number of aromatic nitrogens is 4. The molecule has 0 saturated carbocycles. The number of oxime groups is 1. The molecule has 21 heteroatoms. The van der Waals surface area contributed by atoms with E-state index in [0.29, 0.717) is 5.82 Å². The molecule has 17 nitrogen and oxygen atoms in total. The van der Waals surface area contributed by atoms with Crippen molar-refractivity contribution in [3.05, 3.63) is 44.5 Å². The van der Waals surface area contributed by atoms with Crippen LogP contribution in [0.5, 0.6) is 0 Å². The quantitative estimate of drug-likeness (QED) is 0.0606. The Morgan fingerprint density at radius 2 is 2.05 bits per heavy atom. The Balaban J connectivity index is 1.36. The highest BCUT2D eigenvalue weighted by atomic mass is 32.2. The Kier molecular flexibility index (Phi) is 9.10. The van der Waals surface area contributed by atoms with Crippen LogP contribution in [0.2, 0.25) is 0 Å². The largest absolute Gasteiger partial charge is 0.477 e. The van der Waals surface area contributed by atoms with Crippen LogP contribution < -0.4 is 21.5 Å². The number of carbonyl (C=O) groups excluding carboxylic acids is 2. The molecule has 1 fully saturated rings. The van der Waals surface area contributed by atoms with Gasteiger partial charge in [0, 0.05) is 16.0 Å². The zero-order valence-electron chi connectivity index (χ0n) is 22.6. The topological polar surface area (TPSA) is 252 Å². The summed E-state index contributed by atoms with van der Waals surface area (Å²) in [5.74, 6) is -3.45. The van der Waals surface area contributed by atoms with E-state index in [9.17, 15) is 34.5 Å². The van der Waals surface area contributed by atoms with Gasteiger partial charge in [-0.1, -0.05) is 28.3 Å². The number of aliphatic hydroxyl groups excluding tert-OH is 1. The van der Waals surface area contributed by atoms with Crippen LogP contribution in [0.25, 0.3) is 0 Å². The van der Waals surface area contributed by atoms with Gasteiger partial charge in [-0.25, -0.2) is 19.6 Å². The molecule has 2 amide bonds. The number of anilines is 2. The van der Waals surface area contributed by atoms with Crippen LogP contribution in [-0.4, -0.2) is 95.2 Å². The summed E-state index contributed by atoms with van der Waals surface area (Å²) in [6.45, 7) is 0.0349. The van der Waals surface area contributed by atoms with Gasteiger partial charge in [-0.2, -0.15) is 0 Å². The molecule has 8 N–H and O–H groups in total. The van der Waals surface area contributed by atoms with Gasteiger partial charge in [-0.15, -0.1) is 32.5 Å². The minimum Gasteiger partial charge on any atom is -0.477 e. The van der Waals surface area contributed by atoms with Gasteiger partial charge >= 0.3 is 11.9 Å². The highest BCUT2D eigenvalue weighted by molar-refractivity contribution is 8.07. The lowest BCUT2D eigenvalue weighted by atomic mass is 10.0. The van der Waals surface area contributed by atoms with Gasteiger partial charge in [0.25, 0.3) is 11.8 Å². The number of hydrogen-bond acceptors (Lipinski definition) is 15. The summed E-state index contributed by atoms with van der Waals surface area (Å²) in [6, 6.07) is 0.564. The summed E-state index contributed by atoms with van der Waals surface area (Å²) in [6.07, 6.45) is 1.63. The predicted molar refractivity (Wildman–Crippen MR) is 160 cm³/mol. The minimum atomic E-state index is -1.36. The van der Waals surface area contributed by atoms with E-state index in [-0.39, 0.29) is 67.5 Å². The molecule has 1 unspecified atom stereocenters. The standard InChI is InChI=1S/C23H23N9O8S4/c1-40-29-13(10-7-42-22(25)26-10)17(34)28-14-18(35)32-15(20(36)37)11(8-41-19(14)32)43-23-27-9(16(44-23)21(38)39)6-30-3-2-12(24)31(30)4-5-33/h2-3,7,14,19,24,33H,4-6,8H2,1H3,(H5,25,26,28,34,36,37,38,39)/p+1/b29-13-/t14-,19?/m1/s1. The maximum atomic E-state index is 13.2. The summed E-state index contributed by atoms with van der Waals surface area (Å²) >= 11 is 4.15. The summed E-state index contributed by atoms with van der Waals surface area (Å²) in [5.41, 5.74) is 11.5. The van der Waals surface area contributed by atoms with Crippen molar-refractivity contribution >= 4 is 86.6 Å². The molecule has 44 heavy (non-hydrogen) atoms. The molecular weight excluding hydrogens is 659 g/mol. The fraction of sp³-hybridized carbons (Fsp3) is 0.304. The van der Waals surface area contributed by atoms with Crippen LogP contribution in [0.4, 0.5) is 10.9 Å². The van der Waals surface area contributed by atoms with Crippen molar-refractivity contribution in [2.24, 2.45) is 5.16 Å². The molecule has 5 heterocycles. The number of aliphatic carboxylic acids is 1. The number of aromatic carboxylic acids is 1. The molecule has 0 aromatic carbocycles. The number of fused-ring (bicyclic) bond motifs is 1. The van der Waals surface area contributed by atoms with Crippen molar-refractivity contribution in [1.29, 1.82) is 0 Å². The van der Waals surface area contributed by atoms with E-state index < -0.39 is 35.2 Å². The van der Waals surface area contributed by atoms with Crippen molar-refractivity contribution < 1.29 is 44.0 Å². The molecule has 0 bridgehead atoms. The number of thiazole rings is 2. The van der Waals surface area contributed by atoms with Gasteiger partial charge in [-0.05, 0) is 0 Å². The average molecular weight is 683 g/mol. The van der Waals surface area contributed by atoms with Crippen LogP contribution in [0.15, 0.2) is 37.7 Å². The number of nitrogens with two attached hydrogens (primary N) is 2. The Labute approximate surface area is 264 Å². The number of carboxylic acids is 2. The van der Waals surface area contributed by atoms with Crippen molar-refractivity contribution in [1.82, 2.24) is 24.9 Å². The fourth-order valence-corrected chi connectivity index (χ4v) is 8.64. The second-order valence-corrected chi connectivity index (χ2v) is 13.3. The summed E-state index contributed by atoms with van der Waals surface area (Å²) in [7, 11) is 1.24. The second kappa shape index (κ2) is 12.8. The van der Waals surface area contributed by atoms with Crippen molar-refractivity contribution in [2.45, 2.75) is 28.8 Å². The number of amides is 2. The highest BCUT2D eigenvalue weighted by Gasteiger charge is 2.54. The third kappa shape index (κ3) is 5.95. The molecule has 0 aliphatic carbocycles. The van der Waals surface area contributed by atoms with Crippen LogP contribution in [0.1, 0.15) is 21.1 Å². The smallest absolute Gasteiger partial charge is 0.353 e. The first-order valence-electron chi connectivity index (χ1n) is 12.4. The molecule has 3 aromatic heterocycles. The van der Waals surface area contributed by atoms with Gasteiger partial charge in [0.15, 0.2) is 27.2 Å². The molecule has 5 rings (SSSR count). The first kappa shape index (κ1) is 31.3. The average Bonchev–Trinajstić information content (AvgIpc) is 3.69. The maximum absolute atomic E-state index is 13.2. The number of aliphatic hydroxyl groups is 1. The van der Waals surface area contributed by atoms with Crippen molar-refractivity contribution in [3.63, 3.8) is 0 Å². The summed E-state index contributed by atoms with van der Waals surface area (Å²) in [4.78, 5) is 65.1. The molecule has 2 aliphatic heterocycles. The summed E-state index contributed by atoms with van der Waals surface area (Å²) < 4.78 is 3.45. The Bertz CT molecular complexity index is 1710. The van der Waals surface area contributed by atoms with Crippen LogP contribution in [0, 0.1) is 0 Å². The van der Waals surface area contributed by atoms with E-state index in [1.54, 1.807) is 21.6 Å². The number of carbonyl (C=O) groups is 4. The number of nitrogens with one attached hydrogen (secondary N) is 1. The number of rotatable bonds is 12. The molecule has 0 spiro atoms. The van der Waals surface area contributed by atoms with Crippen LogP contribution >= 0.6 is 46.2 Å². The lowest BCUT2D eigenvalue weighted by Gasteiger charge is -2.49. The first-order chi connectivity index (χ1) is 21.0. The van der Waals surface area contributed by atoms with Crippen molar-refractivity contribution in [3.8, 4) is 0 Å². The highest BCUT2D eigenvalue weighted by Crippen LogP contribution is 2.46. The molecule has 1 saturated heterocycles. The van der Waals surface area contributed by atoms with Crippen LogP contribution in [-0.2, 0) is 32.3 Å². The van der Waals surface area contributed by atoms with E-state index in [4.69, 9.17) is 16.3 Å². The van der Waals surface area contributed by atoms with E-state index in [1.807, 2.05) is 0 Å². The lowest BCUT2D eigenvalue weighted by Crippen LogP contribution is -2.71. The van der Waals surface area contributed by atoms with Crippen molar-refractivity contribution in [2.75, 3.05) is 30.9 Å². The van der Waals surface area contributed by atoms with Crippen LogP contribution in [0.3, 0.4) is 0 Å². The molecule has 2 aliphatic rings. The van der Waals surface area contributed by atoms with E-state index in [1.165, 1.54) is 24.3 Å². The van der Waals surface area contributed by atoms with E-state index in [2.05, 4.69) is 20.4 Å². The Hall–Kier alpha value is -4.18. The third-order valence-corrected chi connectivity index (χ3v) is 10.7. The molecule has 0 radical (unpaired) electrons. The van der Waals surface area contributed by atoms with E-state index in [0.717, 1.165) is 39.3 Å². The van der Waals surface area contributed by atoms with Gasteiger partial charge in [0.1, 0.15) is 47.0 Å². The summed E-state index contributed by atoms with van der Waals surface area (Å²) in [5, 5.41) is 36.5. The SMILES string of the molecule is CO/N=C(\C(=O)N[C@@H]1C(=O)N2C(C(=O)O)=C(Sc3nc(C[n+]4ccc(N)n4CCO)c(C(=O)O)s3)CSC12)c1csc(N)n1.